The third-order valence-electron chi connectivity index (χ3n) is 3.96. The van der Waals surface area contributed by atoms with Crippen LogP contribution in [0.5, 0.6) is 0 Å². The van der Waals surface area contributed by atoms with Crippen molar-refractivity contribution >= 4 is 5.69 Å². The molecule has 0 aromatic heterocycles. The van der Waals surface area contributed by atoms with Gasteiger partial charge in [-0.2, -0.15) is 5.26 Å². The molecule has 92 valence electrons. The Kier molecular flexibility index (Phi) is 3.06. The second-order valence-corrected chi connectivity index (χ2v) is 5.29. The van der Waals surface area contributed by atoms with Gasteiger partial charge in [-0.1, -0.05) is 17.7 Å². The average molecular weight is 238 g/mol. The molecule has 0 N–H and O–H groups in total. The fourth-order valence-corrected chi connectivity index (χ4v) is 2.68. The maximum atomic E-state index is 8.67. The largest absolute Gasteiger partial charge is 0.371 e. The Labute approximate surface area is 109 Å². The summed E-state index contributed by atoms with van der Waals surface area (Å²) in [4.78, 5) is 2.45. The van der Waals surface area contributed by atoms with Crippen LogP contribution in [-0.2, 0) is 0 Å². The van der Waals surface area contributed by atoms with Crippen LogP contribution in [0.25, 0.3) is 0 Å². The lowest BCUT2D eigenvalue weighted by molar-refractivity contribution is 0.685. The van der Waals surface area contributed by atoms with E-state index in [1.165, 1.54) is 29.7 Å². The molecule has 0 spiro atoms. The topological polar surface area (TPSA) is 27.0 Å². The number of rotatable bonds is 2. The van der Waals surface area contributed by atoms with Crippen molar-refractivity contribution in [3.8, 4) is 6.07 Å². The van der Waals surface area contributed by atoms with E-state index in [-0.39, 0.29) is 0 Å². The van der Waals surface area contributed by atoms with Gasteiger partial charge in [-0.25, -0.2) is 0 Å². The number of anilines is 1. The van der Waals surface area contributed by atoms with E-state index in [0.29, 0.717) is 0 Å². The molecule has 0 atom stereocenters. The Morgan fingerprint density at radius 2 is 2.00 bits per heavy atom. The third-order valence-corrected chi connectivity index (χ3v) is 3.96. The zero-order valence-electron chi connectivity index (χ0n) is 10.6. The number of benzene rings is 1. The fraction of sp³-hybridized carbons (Fsp3) is 0.438. The van der Waals surface area contributed by atoms with Crippen LogP contribution in [0.2, 0.25) is 0 Å². The second-order valence-electron chi connectivity index (χ2n) is 5.29. The van der Waals surface area contributed by atoms with Gasteiger partial charge < -0.3 is 4.90 Å². The summed E-state index contributed by atoms with van der Waals surface area (Å²) >= 11 is 0. The molecule has 18 heavy (non-hydrogen) atoms. The smallest absolute Gasteiger partial charge is 0.0911 e. The predicted octanol–water partition coefficient (Wildman–Crippen LogP) is 3.61. The summed E-state index contributed by atoms with van der Waals surface area (Å²) in [5.41, 5.74) is 4.16. The van der Waals surface area contributed by atoms with Crippen LogP contribution in [0.3, 0.4) is 0 Å². The standard InChI is InChI=1S/C16H18N2/c17-9-6-13-7-10-18(11-8-13)16-3-1-2-15(12-16)14-4-5-14/h1-3,6,12,14H,4-5,7-8,10-11H2. The van der Waals surface area contributed by atoms with Gasteiger partial charge in [-0.15, -0.1) is 0 Å². The minimum absolute atomic E-state index is 0.823. The lowest BCUT2D eigenvalue weighted by atomic mass is 10.0. The van der Waals surface area contributed by atoms with E-state index < -0.39 is 0 Å². The molecule has 1 saturated heterocycles. The fourth-order valence-electron chi connectivity index (χ4n) is 2.68. The van der Waals surface area contributed by atoms with Gasteiger partial charge in [-0.05, 0) is 49.3 Å². The van der Waals surface area contributed by atoms with E-state index in [9.17, 15) is 0 Å². The maximum Gasteiger partial charge on any atom is 0.0911 e. The van der Waals surface area contributed by atoms with E-state index >= 15 is 0 Å². The minimum atomic E-state index is 0.823. The van der Waals surface area contributed by atoms with Crippen molar-refractivity contribution in [2.24, 2.45) is 0 Å². The predicted molar refractivity (Wildman–Crippen MR) is 73.6 cm³/mol. The summed E-state index contributed by atoms with van der Waals surface area (Å²) in [6.07, 6.45) is 6.50. The molecule has 0 unspecified atom stereocenters. The van der Waals surface area contributed by atoms with Gasteiger partial charge in [0.15, 0.2) is 0 Å². The van der Waals surface area contributed by atoms with Crippen LogP contribution in [0.1, 0.15) is 37.2 Å². The van der Waals surface area contributed by atoms with E-state index in [1.807, 2.05) is 0 Å². The first-order chi connectivity index (χ1) is 8.86. The second kappa shape index (κ2) is 4.86. The lowest BCUT2D eigenvalue weighted by Gasteiger charge is -2.30. The molecule has 1 aromatic rings. The molecule has 1 saturated carbocycles. The maximum absolute atomic E-state index is 8.67. The summed E-state index contributed by atoms with van der Waals surface area (Å²) in [6.45, 7) is 2.09. The zero-order valence-corrected chi connectivity index (χ0v) is 10.6. The SMILES string of the molecule is N#CC=C1CCN(c2cccc(C3CC3)c2)CC1. The molecule has 2 aliphatic rings. The summed E-state index contributed by atoms with van der Waals surface area (Å²) in [7, 11) is 0. The van der Waals surface area contributed by atoms with E-state index in [1.54, 1.807) is 6.08 Å². The molecule has 2 heteroatoms. The van der Waals surface area contributed by atoms with Gasteiger partial charge in [0.1, 0.15) is 0 Å². The molecule has 1 heterocycles. The van der Waals surface area contributed by atoms with Gasteiger partial charge >= 0.3 is 0 Å². The number of hydrogen-bond acceptors (Lipinski definition) is 2. The van der Waals surface area contributed by atoms with Gasteiger partial charge in [0.05, 0.1) is 6.07 Å². The highest BCUT2D eigenvalue weighted by molar-refractivity contribution is 5.51. The van der Waals surface area contributed by atoms with Crippen LogP contribution >= 0.6 is 0 Å². The number of hydrogen-bond donors (Lipinski definition) is 0. The van der Waals surface area contributed by atoms with Crippen molar-refractivity contribution in [2.45, 2.75) is 31.6 Å². The Morgan fingerprint density at radius 3 is 2.67 bits per heavy atom. The molecular formula is C16H18N2. The van der Waals surface area contributed by atoms with Crippen molar-refractivity contribution in [2.75, 3.05) is 18.0 Å². The van der Waals surface area contributed by atoms with E-state index in [4.69, 9.17) is 5.26 Å². The first-order valence-corrected chi connectivity index (χ1v) is 6.79. The lowest BCUT2D eigenvalue weighted by Crippen LogP contribution is -2.30. The van der Waals surface area contributed by atoms with Crippen LogP contribution < -0.4 is 4.90 Å². The molecule has 1 aliphatic heterocycles. The minimum Gasteiger partial charge on any atom is -0.371 e. The van der Waals surface area contributed by atoms with Gasteiger partial charge in [0.25, 0.3) is 0 Å². The zero-order chi connectivity index (χ0) is 12.4. The van der Waals surface area contributed by atoms with Crippen molar-refractivity contribution in [1.82, 2.24) is 0 Å². The average Bonchev–Trinajstić information content (AvgIpc) is 3.25. The Hall–Kier alpha value is -1.75. The molecule has 2 nitrogen and oxygen atoms in total. The molecular weight excluding hydrogens is 220 g/mol. The van der Waals surface area contributed by atoms with E-state index in [0.717, 1.165) is 31.8 Å². The summed E-state index contributed by atoms with van der Waals surface area (Å²) < 4.78 is 0. The van der Waals surface area contributed by atoms with Crippen LogP contribution in [-0.4, -0.2) is 13.1 Å². The quantitative estimate of drug-likeness (QED) is 0.736. The first kappa shape index (κ1) is 11.3. The van der Waals surface area contributed by atoms with Crippen molar-refractivity contribution < 1.29 is 0 Å². The molecule has 0 amide bonds. The van der Waals surface area contributed by atoms with E-state index in [2.05, 4.69) is 35.2 Å². The number of piperidine rings is 1. The molecule has 3 rings (SSSR count). The molecule has 1 aliphatic carbocycles. The monoisotopic (exact) mass is 238 g/mol. The molecule has 0 bridgehead atoms. The summed E-state index contributed by atoms with van der Waals surface area (Å²) in [6, 6.07) is 11.2. The third kappa shape index (κ3) is 2.41. The van der Waals surface area contributed by atoms with Gasteiger partial charge in [0.2, 0.25) is 0 Å². The van der Waals surface area contributed by atoms with Gasteiger partial charge in [-0.3, -0.25) is 0 Å². The molecule has 2 fully saturated rings. The summed E-state index contributed by atoms with van der Waals surface area (Å²) in [5.74, 6) is 0.823. The van der Waals surface area contributed by atoms with Crippen LogP contribution in [0, 0.1) is 11.3 Å². The number of nitriles is 1. The van der Waals surface area contributed by atoms with Crippen molar-refractivity contribution in [1.29, 1.82) is 5.26 Å². The van der Waals surface area contributed by atoms with Crippen LogP contribution in [0.15, 0.2) is 35.9 Å². The van der Waals surface area contributed by atoms with Crippen molar-refractivity contribution in [3.05, 3.63) is 41.5 Å². The Balaban J connectivity index is 1.70. The highest BCUT2D eigenvalue weighted by atomic mass is 15.1. The molecule has 1 aromatic carbocycles. The van der Waals surface area contributed by atoms with Gasteiger partial charge in [0, 0.05) is 24.9 Å². The highest BCUT2D eigenvalue weighted by Gasteiger charge is 2.24. The Bertz CT molecular complexity index is 496. The summed E-state index contributed by atoms with van der Waals surface area (Å²) in [5, 5.41) is 8.67. The molecule has 0 radical (unpaired) electrons. The van der Waals surface area contributed by atoms with Crippen LogP contribution in [0.4, 0.5) is 5.69 Å². The Morgan fingerprint density at radius 1 is 1.22 bits per heavy atom. The first-order valence-electron chi connectivity index (χ1n) is 6.79. The highest BCUT2D eigenvalue weighted by Crippen LogP contribution is 2.41. The van der Waals surface area contributed by atoms with Crippen molar-refractivity contribution in [3.63, 3.8) is 0 Å². The number of nitrogens with zero attached hydrogens (tertiary/aromatic N) is 2. The normalized spacial score (nSPS) is 19.5. The number of allylic oxidation sites excluding steroid dienone is 1.